The second kappa shape index (κ2) is 14.8. The summed E-state index contributed by atoms with van der Waals surface area (Å²) in [5.74, 6) is 0.373. The summed E-state index contributed by atoms with van der Waals surface area (Å²) in [7, 11) is 0. The van der Waals surface area contributed by atoms with E-state index in [1.807, 2.05) is 0 Å². The van der Waals surface area contributed by atoms with Crippen molar-refractivity contribution in [1.29, 1.82) is 0 Å². The fourth-order valence-corrected chi connectivity index (χ4v) is 0.957. The lowest BCUT2D eigenvalue weighted by atomic mass is 10.1. The van der Waals surface area contributed by atoms with Crippen molar-refractivity contribution in [1.82, 2.24) is 5.32 Å². The number of nitrogens with one attached hydrogen (secondary N) is 1. The van der Waals surface area contributed by atoms with E-state index in [-0.39, 0.29) is 6.54 Å². The zero-order chi connectivity index (χ0) is 15.8. The van der Waals surface area contributed by atoms with Gasteiger partial charge in [-0.3, -0.25) is 14.9 Å². The number of hydrogen-bond donors (Lipinski definition) is 4. The highest BCUT2D eigenvalue weighted by atomic mass is 16.4. The standard InChI is InChI=1S/C6H12N4O2.C5H7NO2/c7-5(6(11)12)3-1-2-4-9-10-8;1-2-3-6-4-5(7)8/h5H,1-4,7H2,(H,11,12);1,6H,3-4H2,(H,7,8). The summed E-state index contributed by atoms with van der Waals surface area (Å²) in [6, 6.07) is -0.795. The number of unbranched alkanes of at least 4 members (excludes halogenated alkanes) is 1. The minimum absolute atomic E-state index is 0.0653. The van der Waals surface area contributed by atoms with Crippen LogP contribution in [0.3, 0.4) is 0 Å². The Bertz CT molecular complexity index is 373. The third kappa shape index (κ3) is 18.1. The number of carboxylic acids is 2. The summed E-state index contributed by atoms with van der Waals surface area (Å²) < 4.78 is 0. The summed E-state index contributed by atoms with van der Waals surface area (Å²) in [5, 5.41) is 22.2. The first-order valence-electron chi connectivity index (χ1n) is 5.80. The van der Waals surface area contributed by atoms with E-state index in [4.69, 9.17) is 27.9 Å². The number of aliphatic carboxylic acids is 2. The number of nitrogens with zero attached hydrogens (tertiary/aromatic N) is 3. The third-order valence-electron chi connectivity index (χ3n) is 1.91. The van der Waals surface area contributed by atoms with Crippen molar-refractivity contribution in [2.24, 2.45) is 10.8 Å². The van der Waals surface area contributed by atoms with Crippen LogP contribution in [-0.2, 0) is 9.59 Å². The van der Waals surface area contributed by atoms with Gasteiger partial charge in [0.05, 0.1) is 13.1 Å². The van der Waals surface area contributed by atoms with Crippen LogP contribution in [0.4, 0.5) is 0 Å². The molecule has 9 heteroatoms. The van der Waals surface area contributed by atoms with E-state index in [0.717, 1.165) is 0 Å². The van der Waals surface area contributed by atoms with E-state index >= 15 is 0 Å². The second-order valence-electron chi connectivity index (χ2n) is 3.60. The van der Waals surface area contributed by atoms with Crippen molar-refractivity contribution >= 4 is 11.9 Å². The van der Waals surface area contributed by atoms with Crippen molar-refractivity contribution in [2.75, 3.05) is 19.6 Å². The Kier molecular flexibility index (Phi) is 14.8. The minimum atomic E-state index is -0.987. The molecule has 1 unspecified atom stereocenters. The molecule has 112 valence electrons. The number of rotatable bonds is 9. The van der Waals surface area contributed by atoms with E-state index in [0.29, 0.717) is 32.4 Å². The molecule has 0 saturated heterocycles. The van der Waals surface area contributed by atoms with Crippen LogP contribution in [-0.4, -0.2) is 47.8 Å². The van der Waals surface area contributed by atoms with Crippen LogP contribution in [0.25, 0.3) is 10.4 Å². The van der Waals surface area contributed by atoms with Crippen molar-refractivity contribution in [3.05, 3.63) is 10.4 Å². The van der Waals surface area contributed by atoms with Gasteiger partial charge < -0.3 is 15.9 Å². The average Bonchev–Trinajstić information content (AvgIpc) is 2.39. The van der Waals surface area contributed by atoms with Gasteiger partial charge in [0.15, 0.2) is 0 Å². The van der Waals surface area contributed by atoms with Crippen LogP contribution in [0.15, 0.2) is 5.11 Å². The van der Waals surface area contributed by atoms with E-state index in [1.165, 1.54) is 0 Å². The minimum Gasteiger partial charge on any atom is -0.480 e. The smallest absolute Gasteiger partial charge is 0.320 e. The van der Waals surface area contributed by atoms with E-state index in [2.05, 4.69) is 21.3 Å². The van der Waals surface area contributed by atoms with Crippen LogP contribution >= 0.6 is 0 Å². The van der Waals surface area contributed by atoms with Crippen LogP contribution in [0, 0.1) is 12.3 Å². The van der Waals surface area contributed by atoms with Crippen molar-refractivity contribution in [2.45, 2.75) is 25.3 Å². The maximum atomic E-state index is 10.2. The Balaban J connectivity index is 0. The van der Waals surface area contributed by atoms with Crippen LogP contribution in [0.2, 0.25) is 0 Å². The highest BCUT2D eigenvalue weighted by Crippen LogP contribution is 1.99. The van der Waals surface area contributed by atoms with Gasteiger partial charge in [0.1, 0.15) is 6.04 Å². The van der Waals surface area contributed by atoms with E-state index < -0.39 is 18.0 Å². The van der Waals surface area contributed by atoms with Gasteiger partial charge in [-0.05, 0) is 18.4 Å². The molecule has 0 fully saturated rings. The lowest BCUT2D eigenvalue weighted by Crippen LogP contribution is -2.29. The van der Waals surface area contributed by atoms with E-state index in [9.17, 15) is 9.59 Å². The van der Waals surface area contributed by atoms with Crippen LogP contribution < -0.4 is 11.1 Å². The Hall–Kier alpha value is -2.27. The number of azide groups is 1. The molecule has 0 saturated carbocycles. The summed E-state index contributed by atoms with van der Waals surface area (Å²) in [6.07, 6.45) is 6.59. The normalized spacial score (nSPS) is 10.2. The summed E-state index contributed by atoms with van der Waals surface area (Å²) >= 11 is 0. The number of terminal acetylenes is 1. The zero-order valence-electron chi connectivity index (χ0n) is 11.0. The molecule has 0 heterocycles. The Morgan fingerprint density at radius 3 is 2.55 bits per heavy atom. The molecule has 20 heavy (non-hydrogen) atoms. The van der Waals surface area contributed by atoms with Gasteiger partial charge in [-0.15, -0.1) is 6.42 Å². The average molecular weight is 285 g/mol. The van der Waals surface area contributed by atoms with Crippen molar-refractivity contribution in [3.8, 4) is 12.3 Å². The van der Waals surface area contributed by atoms with Crippen molar-refractivity contribution < 1.29 is 19.8 Å². The summed E-state index contributed by atoms with van der Waals surface area (Å²) in [6.45, 7) is 0.652. The molecule has 0 bridgehead atoms. The SMILES string of the molecule is C#CCNCC(=O)O.[N-]=[N+]=NCCCCC(N)C(=O)O. The fourth-order valence-electron chi connectivity index (χ4n) is 0.957. The fraction of sp³-hybridized carbons (Fsp3) is 0.636. The predicted molar refractivity (Wildman–Crippen MR) is 72.8 cm³/mol. The van der Waals surface area contributed by atoms with Gasteiger partial charge in [0.25, 0.3) is 0 Å². The molecular weight excluding hydrogens is 266 g/mol. The number of hydrogen-bond acceptors (Lipinski definition) is 5. The highest BCUT2D eigenvalue weighted by Gasteiger charge is 2.09. The molecule has 0 aliphatic rings. The molecule has 0 amide bonds. The molecule has 9 nitrogen and oxygen atoms in total. The first-order chi connectivity index (χ1) is 9.45. The van der Waals surface area contributed by atoms with E-state index in [1.54, 1.807) is 0 Å². The van der Waals surface area contributed by atoms with Gasteiger partial charge >= 0.3 is 11.9 Å². The van der Waals surface area contributed by atoms with Crippen molar-refractivity contribution in [3.63, 3.8) is 0 Å². The molecule has 1 atom stereocenters. The van der Waals surface area contributed by atoms with Crippen LogP contribution in [0.1, 0.15) is 19.3 Å². The lowest BCUT2D eigenvalue weighted by molar-refractivity contribution is -0.139. The maximum Gasteiger partial charge on any atom is 0.320 e. The van der Waals surface area contributed by atoms with Gasteiger partial charge in [0.2, 0.25) is 0 Å². The largest absolute Gasteiger partial charge is 0.480 e. The molecule has 0 rings (SSSR count). The molecule has 0 aliphatic carbocycles. The Labute approximate surface area is 116 Å². The molecule has 0 aliphatic heterocycles. The van der Waals surface area contributed by atoms with Gasteiger partial charge in [-0.25, -0.2) is 0 Å². The first kappa shape index (κ1) is 20.1. The molecule has 0 aromatic rings. The number of carbonyl (C=O) groups is 2. The number of carboxylic acid groups (broad SMARTS) is 2. The molecule has 0 aromatic heterocycles. The Morgan fingerprint density at radius 2 is 2.10 bits per heavy atom. The summed E-state index contributed by atoms with van der Waals surface area (Å²) in [4.78, 5) is 22.5. The molecule has 0 radical (unpaired) electrons. The predicted octanol–water partition coefficient (Wildman–Crippen LogP) is 0.173. The highest BCUT2D eigenvalue weighted by molar-refractivity contribution is 5.72. The topological polar surface area (TPSA) is 161 Å². The monoisotopic (exact) mass is 285 g/mol. The third-order valence-corrected chi connectivity index (χ3v) is 1.91. The lowest BCUT2D eigenvalue weighted by Gasteiger charge is -2.03. The first-order valence-corrected chi connectivity index (χ1v) is 5.80. The van der Waals surface area contributed by atoms with Gasteiger partial charge in [0, 0.05) is 11.5 Å². The molecular formula is C11H19N5O4. The van der Waals surface area contributed by atoms with Gasteiger partial charge in [-0.2, -0.15) is 0 Å². The van der Waals surface area contributed by atoms with Crippen LogP contribution in [0.5, 0.6) is 0 Å². The van der Waals surface area contributed by atoms with Gasteiger partial charge in [-0.1, -0.05) is 17.5 Å². The quantitative estimate of drug-likeness (QED) is 0.155. The Morgan fingerprint density at radius 1 is 1.45 bits per heavy atom. The molecule has 0 aromatic carbocycles. The number of nitrogens with two attached hydrogens (primary N) is 1. The zero-order valence-corrected chi connectivity index (χ0v) is 11.0. The molecule has 0 spiro atoms. The second-order valence-corrected chi connectivity index (χ2v) is 3.60. The molecule has 5 N–H and O–H groups in total. The maximum absolute atomic E-state index is 10.2. The summed E-state index contributed by atoms with van der Waals surface area (Å²) in [5.41, 5.74) is 13.1.